The van der Waals surface area contributed by atoms with Gasteiger partial charge in [-0.15, -0.1) is 0 Å². The van der Waals surface area contributed by atoms with E-state index in [-0.39, 0.29) is 0 Å². The van der Waals surface area contributed by atoms with Crippen molar-refractivity contribution in [1.82, 2.24) is 9.80 Å². The van der Waals surface area contributed by atoms with Crippen molar-refractivity contribution in [2.45, 2.75) is 33.0 Å². The SMILES string of the molecule is CCN(Cc1ccc(CN)cc1Br)C(C)CN(C)C. The van der Waals surface area contributed by atoms with Crippen LogP contribution in [-0.4, -0.2) is 43.0 Å². The molecule has 0 aliphatic heterocycles. The normalized spacial score (nSPS) is 13.3. The number of halogens is 1. The fourth-order valence-electron chi connectivity index (χ4n) is 2.29. The van der Waals surface area contributed by atoms with E-state index in [9.17, 15) is 0 Å². The van der Waals surface area contributed by atoms with Gasteiger partial charge >= 0.3 is 0 Å². The Morgan fingerprint density at radius 2 is 2.00 bits per heavy atom. The van der Waals surface area contributed by atoms with Crippen molar-refractivity contribution in [2.24, 2.45) is 5.73 Å². The minimum Gasteiger partial charge on any atom is -0.326 e. The van der Waals surface area contributed by atoms with E-state index in [2.05, 4.69) is 71.9 Å². The molecule has 1 aromatic carbocycles. The lowest BCUT2D eigenvalue weighted by Crippen LogP contribution is -2.39. The van der Waals surface area contributed by atoms with Crippen molar-refractivity contribution < 1.29 is 0 Å². The Kier molecular flexibility index (Phi) is 7.00. The molecular formula is C15H26BrN3. The van der Waals surface area contributed by atoms with Gasteiger partial charge < -0.3 is 10.6 Å². The maximum absolute atomic E-state index is 5.66. The molecule has 0 saturated carbocycles. The van der Waals surface area contributed by atoms with Crippen LogP contribution in [-0.2, 0) is 13.1 Å². The summed E-state index contributed by atoms with van der Waals surface area (Å²) in [6.07, 6.45) is 0. The molecule has 0 bridgehead atoms. The van der Waals surface area contributed by atoms with Gasteiger partial charge in [0.1, 0.15) is 0 Å². The van der Waals surface area contributed by atoms with Crippen LogP contribution in [0.1, 0.15) is 25.0 Å². The molecule has 19 heavy (non-hydrogen) atoms. The van der Waals surface area contributed by atoms with Gasteiger partial charge in [-0.05, 0) is 44.8 Å². The molecule has 0 heterocycles. The standard InChI is InChI=1S/C15H26BrN3/c1-5-19(12(2)10-18(3)4)11-14-7-6-13(9-17)8-15(14)16/h6-8,12H,5,9-11,17H2,1-4H3. The molecule has 0 saturated heterocycles. The number of hydrogen-bond acceptors (Lipinski definition) is 3. The molecule has 0 amide bonds. The number of nitrogens with two attached hydrogens (primary N) is 1. The smallest absolute Gasteiger partial charge is 0.0248 e. The van der Waals surface area contributed by atoms with E-state index in [1.165, 1.54) is 11.1 Å². The van der Waals surface area contributed by atoms with Gasteiger partial charge in [-0.25, -0.2) is 0 Å². The van der Waals surface area contributed by atoms with Gasteiger partial charge in [0.25, 0.3) is 0 Å². The van der Waals surface area contributed by atoms with Gasteiger partial charge in [0.15, 0.2) is 0 Å². The summed E-state index contributed by atoms with van der Waals surface area (Å²) in [4.78, 5) is 4.72. The molecule has 1 atom stereocenters. The second-order valence-corrected chi connectivity index (χ2v) is 6.16. The molecule has 4 heteroatoms. The summed E-state index contributed by atoms with van der Waals surface area (Å²) in [5, 5.41) is 0. The maximum atomic E-state index is 5.66. The largest absolute Gasteiger partial charge is 0.326 e. The molecule has 0 radical (unpaired) electrons. The molecule has 0 spiro atoms. The van der Waals surface area contributed by atoms with Crippen LogP contribution in [0.15, 0.2) is 22.7 Å². The fraction of sp³-hybridized carbons (Fsp3) is 0.600. The van der Waals surface area contributed by atoms with Crippen molar-refractivity contribution >= 4 is 15.9 Å². The Bertz CT molecular complexity index is 393. The zero-order chi connectivity index (χ0) is 14.4. The number of benzene rings is 1. The highest BCUT2D eigenvalue weighted by Crippen LogP contribution is 2.21. The molecule has 0 aliphatic rings. The van der Waals surface area contributed by atoms with Crippen LogP contribution in [0, 0.1) is 0 Å². The Labute approximate surface area is 125 Å². The van der Waals surface area contributed by atoms with Gasteiger partial charge in [-0.1, -0.05) is 35.0 Å². The van der Waals surface area contributed by atoms with Gasteiger partial charge in [0.2, 0.25) is 0 Å². The third kappa shape index (κ3) is 5.22. The highest BCUT2D eigenvalue weighted by molar-refractivity contribution is 9.10. The van der Waals surface area contributed by atoms with Gasteiger partial charge in [-0.3, -0.25) is 4.90 Å². The molecule has 0 aromatic heterocycles. The topological polar surface area (TPSA) is 32.5 Å². The lowest BCUT2D eigenvalue weighted by Gasteiger charge is -2.30. The van der Waals surface area contributed by atoms with Gasteiger partial charge in [0.05, 0.1) is 0 Å². The Balaban J connectivity index is 2.75. The maximum Gasteiger partial charge on any atom is 0.0248 e. The summed E-state index contributed by atoms with van der Waals surface area (Å²) >= 11 is 3.65. The summed E-state index contributed by atoms with van der Waals surface area (Å²) in [5.74, 6) is 0. The predicted octanol–water partition coefficient (Wildman–Crippen LogP) is 2.68. The molecule has 1 unspecified atom stereocenters. The average molecular weight is 328 g/mol. The summed E-state index contributed by atoms with van der Waals surface area (Å²) in [7, 11) is 4.24. The third-order valence-electron chi connectivity index (χ3n) is 3.39. The number of hydrogen-bond donors (Lipinski definition) is 1. The number of likely N-dealkylation sites (N-methyl/N-ethyl adjacent to an activating group) is 2. The minimum absolute atomic E-state index is 0.543. The second-order valence-electron chi connectivity index (χ2n) is 5.30. The van der Waals surface area contributed by atoms with Gasteiger partial charge in [0, 0.05) is 30.1 Å². The van der Waals surface area contributed by atoms with Crippen LogP contribution in [0.4, 0.5) is 0 Å². The number of rotatable bonds is 7. The Morgan fingerprint density at radius 3 is 2.47 bits per heavy atom. The lowest BCUT2D eigenvalue weighted by atomic mass is 10.1. The lowest BCUT2D eigenvalue weighted by molar-refractivity contribution is 0.174. The van der Waals surface area contributed by atoms with E-state index in [0.29, 0.717) is 12.6 Å². The second kappa shape index (κ2) is 8.00. The summed E-state index contributed by atoms with van der Waals surface area (Å²) in [6.45, 7) is 8.19. The van der Waals surface area contributed by atoms with E-state index >= 15 is 0 Å². The minimum atomic E-state index is 0.543. The molecule has 1 aromatic rings. The van der Waals surface area contributed by atoms with Gasteiger partial charge in [-0.2, -0.15) is 0 Å². The zero-order valence-corrected chi connectivity index (χ0v) is 14.1. The third-order valence-corrected chi connectivity index (χ3v) is 4.12. The monoisotopic (exact) mass is 327 g/mol. The summed E-state index contributed by atoms with van der Waals surface area (Å²) < 4.78 is 1.16. The molecular weight excluding hydrogens is 302 g/mol. The molecule has 1 rings (SSSR count). The fourth-order valence-corrected chi connectivity index (χ4v) is 2.84. The van der Waals surface area contributed by atoms with Crippen molar-refractivity contribution in [3.05, 3.63) is 33.8 Å². The average Bonchev–Trinajstić information content (AvgIpc) is 2.36. The van der Waals surface area contributed by atoms with Crippen molar-refractivity contribution in [2.75, 3.05) is 27.2 Å². The Morgan fingerprint density at radius 1 is 1.32 bits per heavy atom. The molecule has 108 valence electrons. The van der Waals surface area contributed by atoms with E-state index in [1.54, 1.807) is 0 Å². The number of nitrogens with zero attached hydrogens (tertiary/aromatic N) is 2. The molecule has 2 N–H and O–H groups in total. The van der Waals surface area contributed by atoms with E-state index in [4.69, 9.17) is 5.73 Å². The van der Waals surface area contributed by atoms with Crippen LogP contribution in [0.25, 0.3) is 0 Å². The first-order chi connectivity index (χ1) is 8.97. The van der Waals surface area contributed by atoms with Crippen LogP contribution in [0.2, 0.25) is 0 Å². The van der Waals surface area contributed by atoms with Crippen LogP contribution >= 0.6 is 15.9 Å². The quantitative estimate of drug-likeness (QED) is 0.835. The highest BCUT2D eigenvalue weighted by Gasteiger charge is 2.14. The van der Waals surface area contributed by atoms with Crippen molar-refractivity contribution in [3.63, 3.8) is 0 Å². The van der Waals surface area contributed by atoms with Crippen LogP contribution in [0.5, 0.6) is 0 Å². The van der Waals surface area contributed by atoms with E-state index in [1.807, 2.05) is 0 Å². The summed E-state index contributed by atoms with van der Waals surface area (Å²) in [6, 6.07) is 6.96. The molecule has 0 fully saturated rings. The first-order valence-corrected chi connectivity index (χ1v) is 7.63. The van der Waals surface area contributed by atoms with Crippen molar-refractivity contribution in [3.8, 4) is 0 Å². The molecule has 3 nitrogen and oxygen atoms in total. The Hall–Kier alpha value is -0.420. The highest BCUT2D eigenvalue weighted by atomic mass is 79.9. The van der Waals surface area contributed by atoms with Crippen molar-refractivity contribution in [1.29, 1.82) is 0 Å². The summed E-state index contributed by atoms with van der Waals surface area (Å²) in [5.41, 5.74) is 8.15. The molecule has 0 aliphatic carbocycles. The van der Waals surface area contributed by atoms with E-state index in [0.717, 1.165) is 24.1 Å². The zero-order valence-electron chi connectivity index (χ0n) is 12.5. The first-order valence-electron chi connectivity index (χ1n) is 6.84. The van der Waals surface area contributed by atoms with Crippen LogP contribution in [0.3, 0.4) is 0 Å². The van der Waals surface area contributed by atoms with Crippen LogP contribution < -0.4 is 5.73 Å². The predicted molar refractivity (Wildman–Crippen MR) is 86.1 cm³/mol. The first kappa shape index (κ1) is 16.6. The van der Waals surface area contributed by atoms with E-state index < -0.39 is 0 Å².